The van der Waals surface area contributed by atoms with Gasteiger partial charge in [0.05, 0.1) is 0 Å². The second-order valence-corrected chi connectivity index (χ2v) is 3.45. The van der Waals surface area contributed by atoms with E-state index in [0.29, 0.717) is 0 Å². The number of rotatable bonds is 1. The van der Waals surface area contributed by atoms with E-state index in [2.05, 4.69) is 0 Å². The summed E-state index contributed by atoms with van der Waals surface area (Å²) in [5, 5.41) is 8.96. The van der Waals surface area contributed by atoms with Gasteiger partial charge in [-0.25, -0.2) is 0 Å². The molecule has 0 aromatic carbocycles. The molecule has 11 heavy (non-hydrogen) atoms. The van der Waals surface area contributed by atoms with E-state index in [1.807, 2.05) is 21.9 Å². The van der Waals surface area contributed by atoms with Crippen LogP contribution in [-0.2, 0) is 0 Å². The highest BCUT2D eigenvalue weighted by Crippen LogP contribution is 2.19. The van der Waals surface area contributed by atoms with Crippen LogP contribution in [0.3, 0.4) is 0 Å². The van der Waals surface area contributed by atoms with Gasteiger partial charge in [0.25, 0.3) is 0 Å². The molecule has 0 bridgehead atoms. The Balaban J connectivity index is 4.08. The predicted octanol–water partition coefficient (Wildman–Crippen LogP) is 1.99. The Morgan fingerprint density at radius 1 is 1.45 bits per heavy atom. The van der Waals surface area contributed by atoms with Crippen LogP contribution in [0.4, 0.5) is 8.78 Å². The lowest BCUT2D eigenvalue weighted by Gasteiger charge is -2.05. The van der Waals surface area contributed by atoms with Crippen molar-refractivity contribution >= 4 is 15.9 Å². The third-order valence-electron chi connectivity index (χ3n) is 0.993. The van der Waals surface area contributed by atoms with Crippen molar-refractivity contribution in [3.63, 3.8) is 0 Å². The molecule has 0 aliphatic rings. The Bertz CT molecular complexity index is 175. The van der Waals surface area contributed by atoms with Crippen molar-refractivity contribution in [2.45, 2.75) is 24.8 Å². The molecule has 0 rings (SSSR count). The minimum atomic E-state index is -3.19. The molecule has 1 nitrogen and oxygen atoms in total. The summed E-state index contributed by atoms with van der Waals surface area (Å²) in [5.41, 5.74) is 0. The van der Waals surface area contributed by atoms with Gasteiger partial charge in [-0.05, 0) is 11.8 Å². The molecule has 0 fully saturated rings. The number of hydrogen-bond donors (Lipinski definition) is 1. The first-order valence-electron chi connectivity index (χ1n) is 3.10. The van der Waals surface area contributed by atoms with Crippen LogP contribution in [0.1, 0.15) is 13.8 Å². The second kappa shape index (κ2) is 4.03. The zero-order valence-corrected chi connectivity index (χ0v) is 7.82. The smallest absolute Gasteiger partial charge is 0.363 e. The highest BCUT2D eigenvalue weighted by atomic mass is 79.9. The fourth-order valence-corrected chi connectivity index (χ4v) is 0.437. The summed E-state index contributed by atoms with van der Waals surface area (Å²) in [5.74, 6) is 3.49. The van der Waals surface area contributed by atoms with Gasteiger partial charge >= 0.3 is 4.83 Å². The zero-order chi connectivity index (χ0) is 9.07. The summed E-state index contributed by atoms with van der Waals surface area (Å²) in [6, 6.07) is 0. The van der Waals surface area contributed by atoms with Gasteiger partial charge in [0, 0.05) is 15.9 Å². The van der Waals surface area contributed by atoms with E-state index in [9.17, 15) is 8.78 Å². The molecule has 1 N–H and O–H groups in total. The van der Waals surface area contributed by atoms with Crippen molar-refractivity contribution in [2.75, 3.05) is 0 Å². The molecule has 0 amide bonds. The summed E-state index contributed by atoms with van der Waals surface area (Å²) in [6.07, 6.45) is -0.988. The fraction of sp³-hybridized carbons (Fsp3) is 0.714. The summed E-state index contributed by atoms with van der Waals surface area (Å²) in [7, 11) is 0. The summed E-state index contributed by atoms with van der Waals surface area (Å²) in [4.78, 5) is -3.19. The molecule has 1 atom stereocenters. The van der Waals surface area contributed by atoms with Crippen molar-refractivity contribution in [1.82, 2.24) is 0 Å². The van der Waals surface area contributed by atoms with Crippen LogP contribution in [0.25, 0.3) is 0 Å². The Kier molecular flexibility index (Phi) is 3.98. The average molecular weight is 227 g/mol. The summed E-state index contributed by atoms with van der Waals surface area (Å²) >= 11 is 2.04. The van der Waals surface area contributed by atoms with Crippen molar-refractivity contribution in [3.05, 3.63) is 0 Å². The monoisotopic (exact) mass is 226 g/mol. The van der Waals surface area contributed by atoms with Gasteiger partial charge < -0.3 is 5.11 Å². The third kappa shape index (κ3) is 6.27. The lowest BCUT2D eigenvalue weighted by atomic mass is 10.1. The molecule has 64 valence electrons. The van der Waals surface area contributed by atoms with Crippen LogP contribution in [0.5, 0.6) is 0 Å². The van der Waals surface area contributed by atoms with Crippen LogP contribution in [0, 0.1) is 17.8 Å². The van der Waals surface area contributed by atoms with Crippen LogP contribution in [0.2, 0.25) is 0 Å². The van der Waals surface area contributed by atoms with E-state index < -0.39 is 10.9 Å². The van der Waals surface area contributed by atoms with E-state index in [-0.39, 0.29) is 5.92 Å². The van der Waals surface area contributed by atoms with Gasteiger partial charge in [-0.1, -0.05) is 19.8 Å². The van der Waals surface area contributed by atoms with E-state index in [1.54, 1.807) is 19.8 Å². The lowest BCUT2D eigenvalue weighted by molar-refractivity contribution is 0.170. The van der Waals surface area contributed by atoms with E-state index in [4.69, 9.17) is 5.11 Å². The largest absolute Gasteiger partial charge is 0.380 e. The highest BCUT2D eigenvalue weighted by molar-refractivity contribution is 9.10. The van der Waals surface area contributed by atoms with Gasteiger partial charge in [0.2, 0.25) is 0 Å². The number of aliphatic hydroxyl groups is 1. The van der Waals surface area contributed by atoms with E-state index in [1.165, 1.54) is 0 Å². The maximum absolute atomic E-state index is 12.0. The summed E-state index contributed by atoms with van der Waals surface area (Å²) in [6.45, 7) is 3.40. The maximum Gasteiger partial charge on any atom is 0.363 e. The molecule has 0 aliphatic carbocycles. The first-order chi connectivity index (χ1) is 4.83. The molecule has 4 heteroatoms. The van der Waals surface area contributed by atoms with Gasteiger partial charge in [-0.3, -0.25) is 0 Å². The lowest BCUT2D eigenvalue weighted by Crippen LogP contribution is -2.12. The van der Waals surface area contributed by atoms with Gasteiger partial charge in [0.1, 0.15) is 6.10 Å². The Labute approximate surface area is 72.9 Å². The topological polar surface area (TPSA) is 20.2 Å². The minimum Gasteiger partial charge on any atom is -0.380 e. The Morgan fingerprint density at radius 2 is 1.91 bits per heavy atom. The van der Waals surface area contributed by atoms with Crippen molar-refractivity contribution in [3.8, 4) is 11.8 Å². The molecule has 0 aromatic rings. The van der Waals surface area contributed by atoms with Crippen molar-refractivity contribution < 1.29 is 13.9 Å². The van der Waals surface area contributed by atoms with Crippen molar-refractivity contribution in [2.24, 2.45) is 5.92 Å². The SMILES string of the molecule is CC(C)C(O)C#CC(F)(F)Br. The Morgan fingerprint density at radius 3 is 2.18 bits per heavy atom. The normalized spacial score (nSPS) is 14.1. The molecule has 0 saturated heterocycles. The minimum absolute atomic E-state index is 0.127. The van der Waals surface area contributed by atoms with E-state index in [0.717, 1.165) is 0 Å². The Hall–Kier alpha value is -0.140. The van der Waals surface area contributed by atoms with Crippen LogP contribution < -0.4 is 0 Å². The highest BCUT2D eigenvalue weighted by Gasteiger charge is 2.19. The molecule has 0 aliphatic heterocycles. The summed E-state index contributed by atoms with van der Waals surface area (Å²) < 4.78 is 24.0. The zero-order valence-electron chi connectivity index (χ0n) is 6.24. The molecular formula is C7H9BrF2O. The third-order valence-corrected chi connectivity index (χ3v) is 1.19. The molecule has 0 spiro atoms. The van der Waals surface area contributed by atoms with E-state index >= 15 is 0 Å². The molecule has 0 aromatic heterocycles. The average Bonchev–Trinajstić information content (AvgIpc) is 1.80. The van der Waals surface area contributed by atoms with Gasteiger partial charge in [0.15, 0.2) is 0 Å². The first kappa shape index (κ1) is 10.9. The molecule has 0 radical (unpaired) electrons. The number of hydrogen-bond acceptors (Lipinski definition) is 1. The number of halogens is 3. The number of aliphatic hydroxyl groups excluding tert-OH is 1. The maximum atomic E-state index is 12.0. The first-order valence-corrected chi connectivity index (χ1v) is 3.89. The van der Waals surface area contributed by atoms with Crippen LogP contribution in [0.15, 0.2) is 0 Å². The molecule has 1 unspecified atom stereocenters. The molecule has 0 saturated carbocycles. The molecule has 0 heterocycles. The van der Waals surface area contributed by atoms with Crippen LogP contribution >= 0.6 is 15.9 Å². The standard InChI is InChI=1S/C7H9BrF2O/c1-5(2)6(11)3-4-7(8,9)10/h5-6,11H,1-2H3. The van der Waals surface area contributed by atoms with Gasteiger partial charge in [-0.2, -0.15) is 8.78 Å². The predicted molar refractivity (Wildman–Crippen MR) is 42.5 cm³/mol. The quantitative estimate of drug-likeness (QED) is 0.536. The van der Waals surface area contributed by atoms with Crippen LogP contribution in [-0.4, -0.2) is 16.0 Å². The second-order valence-electron chi connectivity index (χ2n) is 2.46. The molecular weight excluding hydrogens is 218 g/mol. The fourth-order valence-electron chi connectivity index (χ4n) is 0.322. The van der Waals surface area contributed by atoms with Crippen molar-refractivity contribution in [1.29, 1.82) is 0 Å². The number of alkyl halides is 3. The van der Waals surface area contributed by atoms with Gasteiger partial charge in [-0.15, -0.1) is 0 Å².